The van der Waals surface area contributed by atoms with Crippen LogP contribution in [0, 0.1) is 0 Å². The zero-order valence-corrected chi connectivity index (χ0v) is 13.1. The lowest BCUT2D eigenvalue weighted by Crippen LogP contribution is -2.17. The van der Waals surface area contributed by atoms with Crippen LogP contribution in [0.2, 0.25) is 0 Å². The number of benzene rings is 2. The van der Waals surface area contributed by atoms with E-state index < -0.39 is 6.16 Å². The molecule has 24 heavy (non-hydrogen) atoms. The van der Waals surface area contributed by atoms with Gasteiger partial charge in [0.25, 0.3) is 0 Å². The number of carbonyl (C=O) groups is 1. The zero-order chi connectivity index (χ0) is 16.9. The van der Waals surface area contributed by atoms with Crippen LogP contribution in [0.5, 0.6) is 11.5 Å². The Balaban J connectivity index is 2.03. The molecule has 7 heteroatoms. The molecule has 0 aromatic heterocycles. The highest BCUT2D eigenvalue weighted by Gasteiger charge is 2.21. The molecule has 0 atom stereocenters. The molecular formula is C17H14N2O5. The highest BCUT2D eigenvalue weighted by atomic mass is 16.8. The molecule has 0 aliphatic carbocycles. The van der Waals surface area contributed by atoms with E-state index in [0.717, 1.165) is 0 Å². The Bertz CT molecular complexity index is 727. The van der Waals surface area contributed by atoms with Gasteiger partial charge < -0.3 is 9.47 Å². The highest BCUT2D eigenvalue weighted by Crippen LogP contribution is 2.19. The number of oxime groups is 2. The van der Waals surface area contributed by atoms with Gasteiger partial charge in [-0.2, -0.15) is 4.79 Å². The second-order valence-corrected chi connectivity index (χ2v) is 4.77. The molecule has 1 aliphatic rings. The lowest BCUT2D eigenvalue weighted by molar-refractivity contribution is 0.0624. The number of hydrogen-bond donors (Lipinski definition) is 0. The fraction of sp³-hybridized carbons (Fsp3) is 0.118. The van der Waals surface area contributed by atoms with Gasteiger partial charge >= 0.3 is 6.16 Å². The third-order valence-corrected chi connectivity index (χ3v) is 3.37. The van der Waals surface area contributed by atoms with Crippen molar-refractivity contribution >= 4 is 17.6 Å². The molecule has 0 N–H and O–H groups in total. The summed E-state index contributed by atoms with van der Waals surface area (Å²) in [4.78, 5) is 20.7. The first kappa shape index (κ1) is 15.5. The minimum Gasteiger partial charge on any atom is -0.497 e. The maximum atomic E-state index is 11.3. The Morgan fingerprint density at radius 2 is 1.08 bits per heavy atom. The number of ether oxygens (including phenoxy) is 2. The average molecular weight is 326 g/mol. The molecule has 0 spiro atoms. The van der Waals surface area contributed by atoms with Crippen molar-refractivity contribution in [3.63, 3.8) is 0 Å². The second kappa shape index (κ2) is 6.82. The van der Waals surface area contributed by atoms with Crippen LogP contribution in [0.1, 0.15) is 11.1 Å². The second-order valence-electron chi connectivity index (χ2n) is 4.77. The third kappa shape index (κ3) is 3.19. The molecule has 0 unspecified atom stereocenters. The zero-order valence-electron chi connectivity index (χ0n) is 13.1. The fourth-order valence-electron chi connectivity index (χ4n) is 2.15. The molecule has 1 heterocycles. The minimum atomic E-state index is -0.996. The van der Waals surface area contributed by atoms with Crippen molar-refractivity contribution in [2.75, 3.05) is 14.2 Å². The van der Waals surface area contributed by atoms with Crippen molar-refractivity contribution in [2.24, 2.45) is 10.3 Å². The van der Waals surface area contributed by atoms with Crippen LogP contribution in [0.4, 0.5) is 4.79 Å². The first-order chi connectivity index (χ1) is 11.7. The summed E-state index contributed by atoms with van der Waals surface area (Å²) < 4.78 is 10.3. The lowest BCUT2D eigenvalue weighted by Gasteiger charge is -2.08. The predicted molar refractivity (Wildman–Crippen MR) is 86.6 cm³/mol. The van der Waals surface area contributed by atoms with Gasteiger partial charge in [-0.05, 0) is 48.5 Å². The van der Waals surface area contributed by atoms with Crippen LogP contribution in [-0.4, -0.2) is 31.8 Å². The monoisotopic (exact) mass is 326 g/mol. The summed E-state index contributed by atoms with van der Waals surface area (Å²) in [5.74, 6) is 1.40. The third-order valence-electron chi connectivity index (χ3n) is 3.37. The normalized spacial score (nSPS) is 13.8. The van der Waals surface area contributed by atoms with E-state index in [2.05, 4.69) is 20.0 Å². The van der Waals surface area contributed by atoms with Gasteiger partial charge in [0.2, 0.25) is 0 Å². The minimum absolute atomic E-state index is 0.369. The maximum absolute atomic E-state index is 11.3. The predicted octanol–water partition coefficient (Wildman–Crippen LogP) is 2.98. The number of nitrogens with zero attached hydrogens (tertiary/aromatic N) is 2. The fourth-order valence-corrected chi connectivity index (χ4v) is 2.15. The summed E-state index contributed by atoms with van der Waals surface area (Å²) in [5, 5.41) is 7.74. The van der Waals surface area contributed by atoms with Crippen molar-refractivity contribution in [1.29, 1.82) is 0 Å². The Morgan fingerprint density at radius 1 is 0.708 bits per heavy atom. The molecule has 1 aliphatic heterocycles. The summed E-state index contributed by atoms with van der Waals surface area (Å²) in [6, 6.07) is 14.2. The van der Waals surface area contributed by atoms with E-state index in [9.17, 15) is 4.79 Å². The largest absolute Gasteiger partial charge is 0.562 e. The average Bonchev–Trinajstić information content (AvgIpc) is 2.84. The van der Waals surface area contributed by atoms with E-state index in [1.54, 1.807) is 62.8 Å². The molecule has 122 valence electrons. The summed E-state index contributed by atoms with van der Waals surface area (Å²) in [6.45, 7) is 0. The smallest absolute Gasteiger partial charge is 0.497 e. The molecule has 0 saturated heterocycles. The van der Waals surface area contributed by atoms with Crippen LogP contribution in [-0.2, 0) is 9.68 Å². The quantitative estimate of drug-likeness (QED) is 0.807. The van der Waals surface area contributed by atoms with Gasteiger partial charge in [0.1, 0.15) is 22.9 Å². The number of carbonyl (C=O) groups excluding carboxylic acids is 1. The standard InChI is InChI=1S/C17H14N2O5/c1-21-13-7-3-11(4-8-13)15-16(19-24-17(20)23-18-15)12-5-9-14(22-2)10-6-12/h3-10H,1-2H3. The van der Waals surface area contributed by atoms with E-state index in [1.807, 2.05) is 0 Å². The first-order valence-corrected chi connectivity index (χ1v) is 7.04. The molecule has 3 rings (SSSR count). The molecule has 0 saturated carbocycles. The van der Waals surface area contributed by atoms with Crippen molar-refractivity contribution in [3.8, 4) is 11.5 Å². The van der Waals surface area contributed by atoms with Gasteiger partial charge in [0.05, 0.1) is 14.2 Å². The number of rotatable bonds is 4. The summed E-state index contributed by atoms with van der Waals surface area (Å²) >= 11 is 0. The molecule has 2 aromatic rings. The molecule has 0 bridgehead atoms. The Hall–Kier alpha value is -3.35. The van der Waals surface area contributed by atoms with E-state index in [1.165, 1.54) is 0 Å². The molecule has 7 nitrogen and oxygen atoms in total. The van der Waals surface area contributed by atoms with Gasteiger partial charge in [-0.3, -0.25) is 9.68 Å². The van der Waals surface area contributed by atoms with Crippen LogP contribution in [0.25, 0.3) is 0 Å². The summed E-state index contributed by atoms with van der Waals surface area (Å²) in [6.07, 6.45) is -0.996. The van der Waals surface area contributed by atoms with Gasteiger partial charge in [0.15, 0.2) is 0 Å². The first-order valence-electron chi connectivity index (χ1n) is 7.04. The molecule has 0 radical (unpaired) electrons. The maximum Gasteiger partial charge on any atom is 0.562 e. The summed E-state index contributed by atoms with van der Waals surface area (Å²) in [5.41, 5.74) is 2.13. The van der Waals surface area contributed by atoms with Gasteiger partial charge in [-0.15, -0.1) is 0 Å². The van der Waals surface area contributed by atoms with Crippen LogP contribution in [0.15, 0.2) is 58.8 Å². The molecular weight excluding hydrogens is 312 g/mol. The Kier molecular flexibility index (Phi) is 4.42. The molecule has 2 aromatic carbocycles. The van der Waals surface area contributed by atoms with Gasteiger partial charge in [0, 0.05) is 11.1 Å². The van der Waals surface area contributed by atoms with Crippen molar-refractivity contribution in [2.45, 2.75) is 0 Å². The van der Waals surface area contributed by atoms with Crippen molar-refractivity contribution in [3.05, 3.63) is 59.7 Å². The Labute approximate surface area is 138 Å². The highest BCUT2D eigenvalue weighted by molar-refractivity contribution is 6.53. The van der Waals surface area contributed by atoms with Crippen molar-refractivity contribution in [1.82, 2.24) is 0 Å². The van der Waals surface area contributed by atoms with Gasteiger partial charge in [-0.1, -0.05) is 10.3 Å². The lowest BCUT2D eigenvalue weighted by atomic mass is 10.00. The van der Waals surface area contributed by atoms with E-state index in [0.29, 0.717) is 34.0 Å². The van der Waals surface area contributed by atoms with Crippen molar-refractivity contribution < 1.29 is 23.9 Å². The van der Waals surface area contributed by atoms with E-state index in [4.69, 9.17) is 9.47 Å². The van der Waals surface area contributed by atoms with Crippen LogP contribution in [0.3, 0.4) is 0 Å². The number of methoxy groups -OCH3 is 2. The van der Waals surface area contributed by atoms with E-state index >= 15 is 0 Å². The van der Waals surface area contributed by atoms with E-state index in [-0.39, 0.29) is 0 Å². The Morgan fingerprint density at radius 3 is 1.42 bits per heavy atom. The van der Waals surface area contributed by atoms with Crippen LogP contribution < -0.4 is 9.47 Å². The number of hydrogen-bond acceptors (Lipinski definition) is 7. The topological polar surface area (TPSA) is 78.7 Å². The van der Waals surface area contributed by atoms with Gasteiger partial charge in [-0.25, -0.2) is 0 Å². The molecule has 0 amide bonds. The SMILES string of the molecule is COc1ccc(C2=NOC(=O)ON=C2c2ccc(OC)cc2)cc1. The van der Waals surface area contributed by atoms with Crippen LogP contribution >= 0.6 is 0 Å². The summed E-state index contributed by atoms with van der Waals surface area (Å²) in [7, 11) is 3.16. The molecule has 0 fully saturated rings.